The Bertz CT molecular complexity index is 808. The molecule has 0 aliphatic heterocycles. The van der Waals surface area contributed by atoms with Crippen LogP contribution in [0.3, 0.4) is 0 Å². The molecule has 0 atom stereocenters. The Morgan fingerprint density at radius 3 is 2.31 bits per heavy atom. The van der Waals surface area contributed by atoms with E-state index in [-0.39, 0.29) is 5.91 Å². The SMILES string of the molecule is O=C(Cc1ccccc1)NCCNc1ccc(Nc2ccncc2)nn1. The van der Waals surface area contributed by atoms with Crippen LogP contribution < -0.4 is 16.0 Å². The van der Waals surface area contributed by atoms with Gasteiger partial charge in [0.25, 0.3) is 0 Å². The molecule has 3 aromatic rings. The number of rotatable bonds is 8. The van der Waals surface area contributed by atoms with Crippen molar-refractivity contribution in [2.45, 2.75) is 6.42 Å². The van der Waals surface area contributed by atoms with Gasteiger partial charge in [-0.3, -0.25) is 9.78 Å². The fourth-order valence-corrected chi connectivity index (χ4v) is 2.31. The lowest BCUT2D eigenvalue weighted by atomic mass is 10.1. The Morgan fingerprint density at radius 1 is 0.846 bits per heavy atom. The van der Waals surface area contributed by atoms with Crippen LogP contribution in [0.15, 0.2) is 67.0 Å². The Morgan fingerprint density at radius 2 is 1.58 bits per heavy atom. The molecule has 0 saturated heterocycles. The van der Waals surface area contributed by atoms with Gasteiger partial charge in [-0.1, -0.05) is 30.3 Å². The van der Waals surface area contributed by atoms with E-state index in [4.69, 9.17) is 0 Å². The zero-order chi connectivity index (χ0) is 18.0. The van der Waals surface area contributed by atoms with Gasteiger partial charge < -0.3 is 16.0 Å². The Hall–Kier alpha value is -3.48. The van der Waals surface area contributed by atoms with E-state index in [0.29, 0.717) is 31.1 Å². The zero-order valence-electron chi connectivity index (χ0n) is 14.2. The highest BCUT2D eigenvalue weighted by atomic mass is 16.1. The second-order valence-corrected chi connectivity index (χ2v) is 5.60. The lowest BCUT2D eigenvalue weighted by Crippen LogP contribution is -2.30. The molecule has 0 bridgehead atoms. The Balaban J connectivity index is 1.37. The third-order valence-electron chi connectivity index (χ3n) is 3.58. The Labute approximate surface area is 151 Å². The van der Waals surface area contributed by atoms with Crippen LogP contribution in [0.1, 0.15) is 5.56 Å². The summed E-state index contributed by atoms with van der Waals surface area (Å²) >= 11 is 0. The molecule has 26 heavy (non-hydrogen) atoms. The summed E-state index contributed by atoms with van der Waals surface area (Å²) in [5.41, 5.74) is 1.90. The van der Waals surface area contributed by atoms with E-state index in [1.807, 2.05) is 54.6 Å². The minimum Gasteiger partial charge on any atom is -0.367 e. The predicted molar refractivity (Wildman–Crippen MR) is 101 cm³/mol. The fourth-order valence-electron chi connectivity index (χ4n) is 2.31. The molecule has 3 N–H and O–H groups in total. The molecule has 7 nitrogen and oxygen atoms in total. The molecule has 2 heterocycles. The van der Waals surface area contributed by atoms with Crippen molar-refractivity contribution >= 4 is 23.2 Å². The van der Waals surface area contributed by atoms with Gasteiger partial charge in [-0.2, -0.15) is 0 Å². The number of nitrogens with zero attached hydrogens (tertiary/aromatic N) is 3. The molecule has 0 unspecified atom stereocenters. The van der Waals surface area contributed by atoms with Crippen LogP contribution in [-0.4, -0.2) is 34.2 Å². The van der Waals surface area contributed by atoms with Gasteiger partial charge in [-0.05, 0) is 29.8 Å². The lowest BCUT2D eigenvalue weighted by molar-refractivity contribution is -0.120. The molecule has 7 heteroatoms. The summed E-state index contributed by atoms with van der Waals surface area (Å²) in [5, 5.41) is 17.4. The normalized spacial score (nSPS) is 10.2. The summed E-state index contributed by atoms with van der Waals surface area (Å²) in [6.45, 7) is 1.09. The number of hydrogen-bond donors (Lipinski definition) is 3. The number of pyridine rings is 1. The highest BCUT2D eigenvalue weighted by Gasteiger charge is 2.02. The molecule has 1 amide bonds. The average Bonchev–Trinajstić information content (AvgIpc) is 2.68. The van der Waals surface area contributed by atoms with Gasteiger partial charge >= 0.3 is 0 Å². The summed E-state index contributed by atoms with van der Waals surface area (Å²) < 4.78 is 0. The first-order valence-electron chi connectivity index (χ1n) is 8.35. The summed E-state index contributed by atoms with van der Waals surface area (Å²) in [6, 6.07) is 17.0. The highest BCUT2D eigenvalue weighted by Crippen LogP contribution is 2.13. The van der Waals surface area contributed by atoms with Crippen LogP contribution in [0.5, 0.6) is 0 Å². The first-order valence-corrected chi connectivity index (χ1v) is 8.35. The molecule has 132 valence electrons. The van der Waals surface area contributed by atoms with Gasteiger partial charge in [0, 0.05) is 31.2 Å². The lowest BCUT2D eigenvalue weighted by Gasteiger charge is -2.08. The van der Waals surface area contributed by atoms with E-state index >= 15 is 0 Å². The number of nitrogens with one attached hydrogen (secondary N) is 3. The maximum Gasteiger partial charge on any atom is 0.224 e. The molecule has 2 aromatic heterocycles. The summed E-state index contributed by atoms with van der Waals surface area (Å²) in [4.78, 5) is 15.8. The third-order valence-corrected chi connectivity index (χ3v) is 3.58. The molecule has 0 saturated carbocycles. The van der Waals surface area contributed by atoms with Gasteiger partial charge in [0.1, 0.15) is 5.82 Å². The topological polar surface area (TPSA) is 91.8 Å². The monoisotopic (exact) mass is 348 g/mol. The predicted octanol–water partition coefficient (Wildman–Crippen LogP) is 2.39. The zero-order valence-corrected chi connectivity index (χ0v) is 14.2. The van der Waals surface area contributed by atoms with E-state index in [1.165, 1.54) is 0 Å². The van der Waals surface area contributed by atoms with Crippen LogP contribution >= 0.6 is 0 Å². The average molecular weight is 348 g/mol. The molecule has 0 spiro atoms. The molecular weight excluding hydrogens is 328 g/mol. The first kappa shape index (κ1) is 17.3. The van der Waals surface area contributed by atoms with Crippen LogP contribution in [0.4, 0.5) is 17.3 Å². The number of hydrogen-bond acceptors (Lipinski definition) is 6. The summed E-state index contributed by atoms with van der Waals surface area (Å²) in [7, 11) is 0. The van der Waals surface area contributed by atoms with Gasteiger partial charge in [-0.15, -0.1) is 10.2 Å². The maximum atomic E-state index is 11.9. The van der Waals surface area contributed by atoms with E-state index in [9.17, 15) is 4.79 Å². The van der Waals surface area contributed by atoms with Gasteiger partial charge in [0.15, 0.2) is 5.82 Å². The number of carbonyl (C=O) groups is 1. The van der Waals surface area contributed by atoms with Crippen molar-refractivity contribution in [2.24, 2.45) is 0 Å². The molecule has 0 aliphatic carbocycles. The minimum absolute atomic E-state index is 0.000910. The third kappa shape index (κ3) is 5.55. The molecule has 0 radical (unpaired) electrons. The second kappa shape index (κ2) is 9.12. The minimum atomic E-state index is 0.000910. The number of carbonyl (C=O) groups excluding carboxylic acids is 1. The molecular formula is C19H20N6O. The standard InChI is InChI=1S/C19H20N6O/c26-19(14-15-4-2-1-3-5-15)22-13-12-21-17-6-7-18(25-24-17)23-16-8-10-20-11-9-16/h1-11H,12-14H2,(H,21,24)(H,22,26)(H,20,23,25). The van der Waals surface area contributed by atoms with E-state index in [0.717, 1.165) is 11.3 Å². The van der Waals surface area contributed by atoms with Crippen molar-refractivity contribution < 1.29 is 4.79 Å². The fraction of sp³-hybridized carbons (Fsp3) is 0.158. The van der Waals surface area contributed by atoms with Crippen molar-refractivity contribution in [1.29, 1.82) is 0 Å². The van der Waals surface area contributed by atoms with E-state index in [2.05, 4.69) is 31.1 Å². The molecule has 0 aliphatic rings. The summed E-state index contributed by atoms with van der Waals surface area (Å²) in [5.74, 6) is 1.31. The molecule has 3 rings (SSSR count). The van der Waals surface area contributed by atoms with Gasteiger partial charge in [0.05, 0.1) is 6.42 Å². The van der Waals surface area contributed by atoms with Crippen molar-refractivity contribution in [3.63, 3.8) is 0 Å². The number of benzene rings is 1. The van der Waals surface area contributed by atoms with Crippen LogP contribution in [0, 0.1) is 0 Å². The van der Waals surface area contributed by atoms with E-state index in [1.54, 1.807) is 12.4 Å². The quantitative estimate of drug-likeness (QED) is 0.541. The highest BCUT2D eigenvalue weighted by molar-refractivity contribution is 5.78. The van der Waals surface area contributed by atoms with Crippen molar-refractivity contribution in [3.05, 3.63) is 72.6 Å². The van der Waals surface area contributed by atoms with Crippen molar-refractivity contribution in [1.82, 2.24) is 20.5 Å². The first-order chi connectivity index (χ1) is 12.8. The van der Waals surface area contributed by atoms with Crippen LogP contribution in [0.2, 0.25) is 0 Å². The van der Waals surface area contributed by atoms with Crippen LogP contribution in [-0.2, 0) is 11.2 Å². The Kier molecular flexibility index (Phi) is 6.09. The van der Waals surface area contributed by atoms with Gasteiger partial charge in [-0.25, -0.2) is 0 Å². The summed E-state index contributed by atoms with van der Waals surface area (Å²) in [6.07, 6.45) is 3.80. The smallest absolute Gasteiger partial charge is 0.224 e. The number of aromatic nitrogens is 3. The van der Waals surface area contributed by atoms with Crippen molar-refractivity contribution in [2.75, 3.05) is 23.7 Å². The number of anilines is 3. The maximum absolute atomic E-state index is 11.9. The van der Waals surface area contributed by atoms with Gasteiger partial charge in [0.2, 0.25) is 5.91 Å². The van der Waals surface area contributed by atoms with Crippen molar-refractivity contribution in [3.8, 4) is 0 Å². The largest absolute Gasteiger partial charge is 0.367 e. The molecule has 0 fully saturated rings. The van der Waals surface area contributed by atoms with E-state index < -0.39 is 0 Å². The second-order valence-electron chi connectivity index (χ2n) is 5.60. The number of amides is 1. The van der Waals surface area contributed by atoms with Crippen LogP contribution in [0.25, 0.3) is 0 Å². The molecule has 1 aromatic carbocycles.